The van der Waals surface area contributed by atoms with Gasteiger partial charge in [-0.15, -0.1) is 0 Å². The van der Waals surface area contributed by atoms with Crippen molar-refractivity contribution in [2.75, 3.05) is 24.1 Å². The van der Waals surface area contributed by atoms with Crippen LogP contribution in [0.2, 0.25) is 0 Å². The Morgan fingerprint density at radius 2 is 2.16 bits per heavy atom. The van der Waals surface area contributed by atoms with E-state index in [0.717, 1.165) is 25.9 Å². The predicted molar refractivity (Wildman–Crippen MR) is 74.5 cm³/mol. The Hall–Kier alpha value is -2.22. The molecule has 2 rings (SSSR count). The second-order valence-corrected chi connectivity index (χ2v) is 4.78. The molecule has 1 aliphatic heterocycles. The number of likely N-dealkylation sites (tertiary alicyclic amines) is 1. The Morgan fingerprint density at radius 1 is 1.47 bits per heavy atom. The highest BCUT2D eigenvalue weighted by molar-refractivity contribution is 5.86. The zero-order valence-electron chi connectivity index (χ0n) is 11.0. The number of nitrogens with one attached hydrogen (secondary N) is 1. The number of nitrogens with two attached hydrogens (primary N) is 1. The summed E-state index contributed by atoms with van der Waals surface area (Å²) >= 11 is 0. The van der Waals surface area contributed by atoms with Crippen LogP contribution in [0.1, 0.15) is 25.3 Å². The van der Waals surface area contributed by atoms with Crippen LogP contribution >= 0.6 is 0 Å². The largest absolute Gasteiger partial charge is 0.396 e. The number of carbonyl (C=O) groups is 1. The summed E-state index contributed by atoms with van der Waals surface area (Å²) in [6, 6.07) is 6.89. The average molecular weight is 258 g/mol. The van der Waals surface area contributed by atoms with Crippen LogP contribution in [0, 0.1) is 11.3 Å². The summed E-state index contributed by atoms with van der Waals surface area (Å²) in [5.41, 5.74) is 7.34. The van der Waals surface area contributed by atoms with Crippen molar-refractivity contribution < 1.29 is 4.79 Å². The van der Waals surface area contributed by atoms with Gasteiger partial charge in [-0.25, -0.2) is 0 Å². The molecule has 1 fully saturated rings. The van der Waals surface area contributed by atoms with Crippen LogP contribution in [0.5, 0.6) is 0 Å². The summed E-state index contributed by atoms with van der Waals surface area (Å²) < 4.78 is 0. The van der Waals surface area contributed by atoms with Crippen molar-refractivity contribution in [1.29, 1.82) is 5.26 Å². The lowest BCUT2D eigenvalue weighted by Gasteiger charge is -2.22. The van der Waals surface area contributed by atoms with E-state index in [9.17, 15) is 4.79 Å². The van der Waals surface area contributed by atoms with Gasteiger partial charge in [0.1, 0.15) is 12.1 Å². The average Bonchev–Trinajstić information content (AvgIpc) is 2.94. The quantitative estimate of drug-likeness (QED) is 0.806. The SMILES string of the molecule is CC(Nc1cccc(C#N)c1N)C(=O)N1CCCC1. The number of benzene rings is 1. The van der Waals surface area contributed by atoms with E-state index in [4.69, 9.17) is 11.0 Å². The van der Waals surface area contributed by atoms with E-state index in [1.54, 1.807) is 18.2 Å². The van der Waals surface area contributed by atoms with Gasteiger partial charge in [0.15, 0.2) is 0 Å². The van der Waals surface area contributed by atoms with Gasteiger partial charge in [-0.3, -0.25) is 4.79 Å². The van der Waals surface area contributed by atoms with Gasteiger partial charge in [-0.2, -0.15) is 5.26 Å². The molecule has 19 heavy (non-hydrogen) atoms. The molecule has 0 saturated carbocycles. The molecule has 0 bridgehead atoms. The maximum atomic E-state index is 12.2. The maximum absolute atomic E-state index is 12.2. The monoisotopic (exact) mass is 258 g/mol. The molecule has 1 heterocycles. The van der Waals surface area contributed by atoms with Crippen LogP contribution in [0.25, 0.3) is 0 Å². The Kier molecular flexibility index (Phi) is 3.91. The van der Waals surface area contributed by atoms with Crippen molar-refractivity contribution in [3.05, 3.63) is 23.8 Å². The van der Waals surface area contributed by atoms with Crippen molar-refractivity contribution in [3.63, 3.8) is 0 Å². The Labute approximate surface area is 113 Å². The fourth-order valence-corrected chi connectivity index (χ4v) is 2.29. The van der Waals surface area contributed by atoms with Crippen molar-refractivity contribution in [2.24, 2.45) is 0 Å². The molecule has 1 amide bonds. The summed E-state index contributed by atoms with van der Waals surface area (Å²) in [6.45, 7) is 3.48. The van der Waals surface area contributed by atoms with E-state index in [-0.39, 0.29) is 11.9 Å². The third-order valence-electron chi connectivity index (χ3n) is 3.39. The zero-order chi connectivity index (χ0) is 13.8. The van der Waals surface area contributed by atoms with Gasteiger partial charge in [0.25, 0.3) is 0 Å². The molecule has 0 spiro atoms. The van der Waals surface area contributed by atoms with Crippen LogP contribution in [-0.4, -0.2) is 29.9 Å². The summed E-state index contributed by atoms with van der Waals surface area (Å²) in [7, 11) is 0. The first kappa shape index (κ1) is 13.2. The first-order chi connectivity index (χ1) is 9.13. The van der Waals surface area contributed by atoms with Gasteiger partial charge in [-0.05, 0) is 31.9 Å². The number of nitrogen functional groups attached to an aromatic ring is 1. The number of hydrogen-bond donors (Lipinski definition) is 2. The number of nitrogens with zero attached hydrogens (tertiary/aromatic N) is 2. The van der Waals surface area contributed by atoms with Crippen LogP contribution in [0.4, 0.5) is 11.4 Å². The number of anilines is 2. The van der Waals surface area contributed by atoms with Crippen LogP contribution < -0.4 is 11.1 Å². The predicted octanol–water partition coefficient (Wildman–Crippen LogP) is 1.56. The minimum Gasteiger partial charge on any atom is -0.396 e. The molecule has 1 aliphatic rings. The summed E-state index contributed by atoms with van der Waals surface area (Å²) in [6.07, 6.45) is 2.15. The lowest BCUT2D eigenvalue weighted by atomic mass is 10.1. The summed E-state index contributed by atoms with van der Waals surface area (Å²) in [4.78, 5) is 14.0. The number of hydrogen-bond acceptors (Lipinski definition) is 4. The molecule has 1 atom stereocenters. The molecule has 1 aromatic carbocycles. The van der Waals surface area contributed by atoms with Gasteiger partial charge in [0, 0.05) is 13.1 Å². The molecule has 0 aliphatic carbocycles. The standard InChI is InChI=1S/C14H18N4O/c1-10(14(19)18-7-2-3-8-18)17-12-6-4-5-11(9-15)13(12)16/h4-6,10,17H,2-3,7-8,16H2,1H3. The fraction of sp³-hybridized carbons (Fsp3) is 0.429. The summed E-state index contributed by atoms with van der Waals surface area (Å²) in [5.74, 6) is 0.0826. The molecule has 100 valence electrons. The van der Waals surface area contributed by atoms with E-state index in [2.05, 4.69) is 5.32 Å². The first-order valence-electron chi connectivity index (χ1n) is 6.47. The Bertz CT molecular complexity index is 515. The second kappa shape index (κ2) is 5.61. The molecule has 0 aromatic heterocycles. The van der Waals surface area contributed by atoms with Crippen molar-refractivity contribution in [1.82, 2.24) is 4.90 Å². The lowest BCUT2D eigenvalue weighted by molar-refractivity contribution is -0.130. The van der Waals surface area contributed by atoms with Gasteiger partial charge in [0.2, 0.25) is 5.91 Å². The second-order valence-electron chi connectivity index (χ2n) is 4.78. The molecule has 3 N–H and O–H groups in total. The lowest BCUT2D eigenvalue weighted by Crippen LogP contribution is -2.39. The van der Waals surface area contributed by atoms with Crippen LogP contribution in [-0.2, 0) is 4.79 Å². The number of carbonyl (C=O) groups excluding carboxylic acids is 1. The van der Waals surface area contributed by atoms with Crippen LogP contribution in [0.15, 0.2) is 18.2 Å². The zero-order valence-corrected chi connectivity index (χ0v) is 11.0. The molecular weight excluding hydrogens is 240 g/mol. The highest BCUT2D eigenvalue weighted by Gasteiger charge is 2.23. The number of rotatable bonds is 3. The molecular formula is C14H18N4O. The van der Waals surface area contributed by atoms with Gasteiger partial charge < -0.3 is 16.0 Å². The van der Waals surface area contributed by atoms with Gasteiger partial charge >= 0.3 is 0 Å². The topological polar surface area (TPSA) is 82.1 Å². The third kappa shape index (κ3) is 2.79. The van der Waals surface area contributed by atoms with Crippen molar-refractivity contribution in [2.45, 2.75) is 25.8 Å². The highest BCUT2D eigenvalue weighted by Crippen LogP contribution is 2.23. The minimum absolute atomic E-state index is 0.0826. The Balaban J connectivity index is 2.08. The number of para-hydroxylation sites is 1. The smallest absolute Gasteiger partial charge is 0.244 e. The molecule has 1 unspecified atom stereocenters. The van der Waals surface area contributed by atoms with Crippen molar-refractivity contribution in [3.8, 4) is 6.07 Å². The Morgan fingerprint density at radius 3 is 2.79 bits per heavy atom. The van der Waals surface area contributed by atoms with E-state index in [1.807, 2.05) is 17.9 Å². The van der Waals surface area contributed by atoms with E-state index < -0.39 is 0 Å². The summed E-state index contributed by atoms with van der Waals surface area (Å²) in [5, 5.41) is 12.0. The molecule has 1 saturated heterocycles. The van der Waals surface area contributed by atoms with Gasteiger partial charge in [0.05, 0.1) is 16.9 Å². The molecule has 0 radical (unpaired) electrons. The van der Waals surface area contributed by atoms with Crippen molar-refractivity contribution >= 4 is 17.3 Å². The normalized spacial score (nSPS) is 15.9. The van der Waals surface area contributed by atoms with E-state index in [0.29, 0.717) is 16.9 Å². The maximum Gasteiger partial charge on any atom is 0.244 e. The number of amides is 1. The third-order valence-corrected chi connectivity index (χ3v) is 3.39. The minimum atomic E-state index is -0.339. The molecule has 1 aromatic rings. The highest BCUT2D eigenvalue weighted by atomic mass is 16.2. The van der Waals surface area contributed by atoms with Crippen LogP contribution in [0.3, 0.4) is 0 Å². The first-order valence-corrected chi connectivity index (χ1v) is 6.47. The fourth-order valence-electron chi connectivity index (χ4n) is 2.29. The molecule has 5 heteroatoms. The van der Waals surface area contributed by atoms with E-state index >= 15 is 0 Å². The van der Waals surface area contributed by atoms with E-state index in [1.165, 1.54) is 0 Å². The number of nitriles is 1. The molecule has 5 nitrogen and oxygen atoms in total. The van der Waals surface area contributed by atoms with Gasteiger partial charge in [-0.1, -0.05) is 6.07 Å².